The van der Waals surface area contributed by atoms with Gasteiger partial charge in [-0.15, -0.1) is 0 Å². The van der Waals surface area contributed by atoms with Crippen LogP contribution in [0.15, 0.2) is 84.9 Å². The summed E-state index contributed by atoms with van der Waals surface area (Å²) < 4.78 is 11.6. The highest BCUT2D eigenvalue weighted by Crippen LogP contribution is 2.34. The number of esters is 1. The number of benzene rings is 4. The molecule has 178 valence electrons. The van der Waals surface area contributed by atoms with Gasteiger partial charge in [0.2, 0.25) is 0 Å². The predicted octanol–water partition coefficient (Wildman–Crippen LogP) is 8.26. The minimum absolute atomic E-state index is 0.227. The minimum Gasteiger partial charge on any atom is -0.457 e. The van der Waals surface area contributed by atoms with Crippen LogP contribution in [0.3, 0.4) is 0 Å². The van der Waals surface area contributed by atoms with E-state index in [0.717, 1.165) is 28.2 Å². The smallest absolute Gasteiger partial charge is 0.343 e. The van der Waals surface area contributed by atoms with Gasteiger partial charge in [-0.2, -0.15) is 0 Å². The standard InChI is InChI=1S/C32H32O3/c1-21-7-9-25(19-23(21)3)31(33)35-29-17-12-27(13-18-29)32(5,6)26-10-15-28(16-11-26)34-30-14-8-22(2)24(4)20-30/h7-20H,1-6H3. The van der Waals surface area contributed by atoms with Gasteiger partial charge in [-0.05, 0) is 110 Å². The first-order valence-electron chi connectivity index (χ1n) is 11.9. The Hall–Kier alpha value is -3.85. The average Bonchev–Trinajstić information content (AvgIpc) is 2.84. The fourth-order valence-corrected chi connectivity index (χ4v) is 3.99. The minimum atomic E-state index is -0.348. The molecule has 0 spiro atoms. The van der Waals surface area contributed by atoms with Crippen LogP contribution in [0.2, 0.25) is 0 Å². The molecule has 35 heavy (non-hydrogen) atoms. The number of hydrogen-bond acceptors (Lipinski definition) is 3. The van der Waals surface area contributed by atoms with Crippen LogP contribution in [0.25, 0.3) is 0 Å². The highest BCUT2D eigenvalue weighted by atomic mass is 16.5. The van der Waals surface area contributed by atoms with E-state index < -0.39 is 0 Å². The lowest BCUT2D eigenvalue weighted by atomic mass is 9.78. The van der Waals surface area contributed by atoms with E-state index in [0.29, 0.717) is 11.3 Å². The summed E-state index contributed by atoms with van der Waals surface area (Å²) in [5.41, 5.74) is 7.32. The van der Waals surface area contributed by atoms with E-state index in [1.165, 1.54) is 16.7 Å². The molecule has 0 saturated heterocycles. The summed E-state index contributed by atoms with van der Waals surface area (Å²) in [6.45, 7) is 12.6. The van der Waals surface area contributed by atoms with Crippen LogP contribution < -0.4 is 9.47 Å². The first-order chi connectivity index (χ1) is 16.6. The molecule has 3 nitrogen and oxygen atoms in total. The van der Waals surface area contributed by atoms with E-state index in [1.807, 2.05) is 68.4 Å². The van der Waals surface area contributed by atoms with E-state index >= 15 is 0 Å². The van der Waals surface area contributed by atoms with E-state index in [2.05, 4.69) is 52.0 Å². The summed E-state index contributed by atoms with van der Waals surface area (Å²) >= 11 is 0. The van der Waals surface area contributed by atoms with Crippen molar-refractivity contribution in [1.29, 1.82) is 0 Å². The van der Waals surface area contributed by atoms with Gasteiger partial charge in [-0.25, -0.2) is 4.79 Å². The summed E-state index contributed by atoms with van der Waals surface area (Å²) in [5.74, 6) is 1.83. The summed E-state index contributed by atoms with van der Waals surface area (Å²) in [6, 6.07) is 27.7. The van der Waals surface area contributed by atoms with Crippen LogP contribution in [0.5, 0.6) is 17.2 Å². The first-order valence-corrected chi connectivity index (χ1v) is 11.9. The highest BCUT2D eigenvalue weighted by molar-refractivity contribution is 5.91. The second-order valence-electron chi connectivity index (χ2n) is 9.71. The van der Waals surface area contributed by atoms with Gasteiger partial charge in [-0.1, -0.05) is 50.2 Å². The van der Waals surface area contributed by atoms with Crippen molar-refractivity contribution in [3.8, 4) is 17.2 Å². The first kappa shape index (κ1) is 24.3. The summed E-state index contributed by atoms with van der Waals surface area (Å²) in [7, 11) is 0. The van der Waals surface area contributed by atoms with Crippen molar-refractivity contribution in [3.05, 3.63) is 124 Å². The Bertz CT molecular complexity index is 1350. The van der Waals surface area contributed by atoms with Gasteiger partial charge in [0.15, 0.2) is 0 Å². The van der Waals surface area contributed by atoms with Crippen molar-refractivity contribution in [3.63, 3.8) is 0 Å². The lowest BCUT2D eigenvalue weighted by Crippen LogP contribution is -2.18. The zero-order valence-corrected chi connectivity index (χ0v) is 21.3. The maximum absolute atomic E-state index is 12.5. The molecule has 0 saturated carbocycles. The molecule has 0 aliphatic rings. The van der Waals surface area contributed by atoms with Crippen molar-refractivity contribution in [2.75, 3.05) is 0 Å². The molecule has 0 aromatic heterocycles. The lowest BCUT2D eigenvalue weighted by molar-refractivity contribution is 0.0734. The topological polar surface area (TPSA) is 35.5 Å². The van der Waals surface area contributed by atoms with E-state index in [-0.39, 0.29) is 11.4 Å². The van der Waals surface area contributed by atoms with Gasteiger partial charge < -0.3 is 9.47 Å². The number of carbonyl (C=O) groups excluding carboxylic acids is 1. The summed E-state index contributed by atoms with van der Waals surface area (Å²) in [6.07, 6.45) is 0. The normalized spacial score (nSPS) is 11.3. The van der Waals surface area contributed by atoms with Crippen molar-refractivity contribution >= 4 is 5.97 Å². The van der Waals surface area contributed by atoms with Gasteiger partial charge in [0.1, 0.15) is 17.2 Å². The van der Waals surface area contributed by atoms with Crippen LogP contribution in [0.4, 0.5) is 0 Å². The summed E-state index contributed by atoms with van der Waals surface area (Å²) in [5, 5.41) is 0. The molecule has 4 rings (SSSR count). The molecule has 0 aliphatic heterocycles. The van der Waals surface area contributed by atoms with Crippen molar-refractivity contribution in [2.45, 2.75) is 47.0 Å². The third-order valence-corrected chi connectivity index (χ3v) is 6.82. The third kappa shape index (κ3) is 5.46. The van der Waals surface area contributed by atoms with Crippen molar-refractivity contribution < 1.29 is 14.3 Å². The van der Waals surface area contributed by atoms with Gasteiger partial charge in [0.05, 0.1) is 5.56 Å². The Kier molecular flexibility index (Phi) is 6.79. The van der Waals surface area contributed by atoms with Crippen LogP contribution in [0.1, 0.15) is 57.6 Å². The lowest BCUT2D eigenvalue weighted by Gasteiger charge is -2.26. The van der Waals surface area contributed by atoms with E-state index in [4.69, 9.17) is 9.47 Å². The highest BCUT2D eigenvalue weighted by Gasteiger charge is 2.23. The Morgan fingerprint density at radius 2 is 1.06 bits per heavy atom. The molecule has 0 bridgehead atoms. The fraction of sp³-hybridized carbons (Fsp3) is 0.219. The molecule has 0 radical (unpaired) electrons. The Morgan fingerprint density at radius 3 is 1.60 bits per heavy atom. The molecule has 0 amide bonds. The van der Waals surface area contributed by atoms with Gasteiger partial charge in [0, 0.05) is 5.41 Å². The molecular formula is C32H32O3. The van der Waals surface area contributed by atoms with Crippen molar-refractivity contribution in [1.82, 2.24) is 0 Å². The maximum atomic E-state index is 12.5. The second-order valence-corrected chi connectivity index (χ2v) is 9.71. The fourth-order valence-electron chi connectivity index (χ4n) is 3.99. The SMILES string of the molecule is Cc1ccc(Oc2ccc(C(C)(C)c3ccc(OC(=O)c4ccc(C)c(C)c4)cc3)cc2)cc1C. The van der Waals surface area contributed by atoms with Crippen molar-refractivity contribution in [2.24, 2.45) is 0 Å². The molecule has 0 aliphatic carbocycles. The monoisotopic (exact) mass is 464 g/mol. The zero-order valence-electron chi connectivity index (χ0n) is 21.3. The quantitative estimate of drug-likeness (QED) is 0.213. The number of rotatable bonds is 6. The number of carbonyl (C=O) groups is 1. The maximum Gasteiger partial charge on any atom is 0.343 e. The Morgan fingerprint density at radius 1 is 0.571 bits per heavy atom. The van der Waals surface area contributed by atoms with E-state index in [1.54, 1.807) is 6.07 Å². The molecule has 0 unspecified atom stereocenters. The van der Waals surface area contributed by atoms with Crippen LogP contribution in [0, 0.1) is 27.7 Å². The molecular weight excluding hydrogens is 432 g/mol. The third-order valence-electron chi connectivity index (χ3n) is 6.82. The summed E-state index contributed by atoms with van der Waals surface area (Å²) in [4.78, 5) is 12.5. The Labute approximate surface area is 208 Å². The molecule has 4 aromatic carbocycles. The molecule has 0 atom stereocenters. The molecule has 0 fully saturated rings. The number of ether oxygens (including phenoxy) is 2. The Balaban J connectivity index is 1.45. The number of hydrogen-bond donors (Lipinski definition) is 0. The van der Waals surface area contributed by atoms with Crippen LogP contribution >= 0.6 is 0 Å². The molecule has 0 heterocycles. The second kappa shape index (κ2) is 9.79. The molecule has 3 heteroatoms. The largest absolute Gasteiger partial charge is 0.457 e. The average molecular weight is 465 g/mol. The molecule has 0 N–H and O–H groups in total. The van der Waals surface area contributed by atoms with Gasteiger partial charge in [-0.3, -0.25) is 0 Å². The van der Waals surface area contributed by atoms with E-state index in [9.17, 15) is 4.79 Å². The molecule has 4 aromatic rings. The van der Waals surface area contributed by atoms with Crippen LogP contribution in [-0.2, 0) is 5.41 Å². The van der Waals surface area contributed by atoms with Gasteiger partial charge in [0.25, 0.3) is 0 Å². The predicted molar refractivity (Wildman–Crippen MR) is 142 cm³/mol. The number of aryl methyl sites for hydroxylation is 4. The van der Waals surface area contributed by atoms with Gasteiger partial charge >= 0.3 is 5.97 Å². The zero-order chi connectivity index (χ0) is 25.2. The van der Waals surface area contributed by atoms with Crippen LogP contribution in [-0.4, -0.2) is 5.97 Å².